The second-order valence-electron chi connectivity index (χ2n) is 6.94. The molecule has 1 aromatic carbocycles. The van der Waals surface area contributed by atoms with Crippen molar-refractivity contribution in [3.8, 4) is 27.8 Å². The van der Waals surface area contributed by atoms with Crippen molar-refractivity contribution in [3.63, 3.8) is 0 Å². The highest BCUT2D eigenvalue weighted by atomic mass is 35.5. The summed E-state index contributed by atoms with van der Waals surface area (Å²) < 4.78 is 7.58. The van der Waals surface area contributed by atoms with Gasteiger partial charge in [-0.25, -0.2) is 4.98 Å². The van der Waals surface area contributed by atoms with Crippen LogP contribution < -0.4 is 5.32 Å². The van der Waals surface area contributed by atoms with Crippen LogP contribution >= 0.6 is 22.9 Å². The predicted molar refractivity (Wildman–Crippen MR) is 122 cm³/mol. The molecule has 3 heterocycles. The minimum Gasteiger partial charge on any atom is -0.448 e. The van der Waals surface area contributed by atoms with E-state index < -0.39 is 0 Å². The molecule has 0 atom stereocenters. The first-order valence-electron chi connectivity index (χ1n) is 9.85. The number of furan rings is 1. The molecule has 4 aromatic rings. The molecule has 1 N–H and O–H groups in total. The van der Waals surface area contributed by atoms with E-state index in [0.717, 1.165) is 40.5 Å². The van der Waals surface area contributed by atoms with E-state index in [4.69, 9.17) is 21.0 Å². The van der Waals surface area contributed by atoms with Gasteiger partial charge in [-0.15, -0.1) is 11.3 Å². The van der Waals surface area contributed by atoms with E-state index in [9.17, 15) is 4.79 Å². The summed E-state index contributed by atoms with van der Waals surface area (Å²) in [7, 11) is 0. The highest BCUT2D eigenvalue weighted by Crippen LogP contribution is 2.35. The molecular formula is C23H22ClN3O2S. The molecule has 1 amide bonds. The monoisotopic (exact) mass is 439 g/mol. The summed E-state index contributed by atoms with van der Waals surface area (Å²) in [4.78, 5) is 17.6. The predicted octanol–water partition coefficient (Wildman–Crippen LogP) is 6.35. The van der Waals surface area contributed by atoms with Crippen LogP contribution in [0.3, 0.4) is 0 Å². The van der Waals surface area contributed by atoms with Crippen LogP contribution in [-0.4, -0.2) is 22.0 Å². The van der Waals surface area contributed by atoms with E-state index in [-0.39, 0.29) is 5.91 Å². The number of aromatic nitrogens is 2. The number of nitrogens with zero attached hydrogens (tertiary/aromatic N) is 2. The summed E-state index contributed by atoms with van der Waals surface area (Å²) in [6.07, 6.45) is 3.60. The van der Waals surface area contributed by atoms with Crippen molar-refractivity contribution in [2.45, 2.75) is 26.7 Å². The SMILES string of the molecule is CCCCNC(=O)c1cc(-c2csc(-c3ccccc3Cl)n2)n(-c2ccco2)c1C. The Kier molecular flexibility index (Phi) is 6.06. The van der Waals surface area contributed by atoms with Gasteiger partial charge in [0.05, 0.1) is 28.2 Å². The molecule has 0 aliphatic heterocycles. The third-order valence-corrected chi connectivity index (χ3v) is 6.11. The zero-order chi connectivity index (χ0) is 21.1. The molecule has 0 aliphatic rings. The maximum absolute atomic E-state index is 12.8. The van der Waals surface area contributed by atoms with Crippen LogP contribution in [-0.2, 0) is 0 Å². The van der Waals surface area contributed by atoms with Gasteiger partial charge in [-0.1, -0.05) is 43.1 Å². The lowest BCUT2D eigenvalue weighted by atomic mass is 10.2. The quantitative estimate of drug-likeness (QED) is 0.341. The van der Waals surface area contributed by atoms with Crippen LogP contribution in [0, 0.1) is 6.92 Å². The van der Waals surface area contributed by atoms with Crippen molar-refractivity contribution in [1.82, 2.24) is 14.9 Å². The van der Waals surface area contributed by atoms with Gasteiger partial charge in [0.1, 0.15) is 5.01 Å². The summed E-state index contributed by atoms with van der Waals surface area (Å²) in [5.74, 6) is 0.552. The van der Waals surface area contributed by atoms with E-state index >= 15 is 0 Å². The number of hydrogen-bond donors (Lipinski definition) is 1. The third kappa shape index (κ3) is 3.93. The molecule has 0 spiro atoms. The molecule has 0 radical (unpaired) electrons. The second-order valence-corrected chi connectivity index (χ2v) is 8.21. The number of carbonyl (C=O) groups excluding carboxylic acids is 1. The number of rotatable bonds is 7. The molecule has 4 rings (SSSR count). The number of thiazole rings is 1. The molecule has 0 fully saturated rings. The highest BCUT2D eigenvalue weighted by molar-refractivity contribution is 7.13. The van der Waals surface area contributed by atoms with Gasteiger partial charge in [0, 0.05) is 29.2 Å². The molecule has 154 valence electrons. The Labute approximate surface area is 184 Å². The highest BCUT2D eigenvalue weighted by Gasteiger charge is 2.22. The number of amides is 1. The molecule has 3 aromatic heterocycles. The summed E-state index contributed by atoms with van der Waals surface area (Å²) >= 11 is 7.87. The zero-order valence-corrected chi connectivity index (χ0v) is 18.4. The van der Waals surface area contributed by atoms with Crippen LogP contribution in [0.2, 0.25) is 5.02 Å². The molecule has 0 saturated heterocycles. The Morgan fingerprint density at radius 1 is 1.27 bits per heavy atom. The van der Waals surface area contributed by atoms with Gasteiger partial charge in [-0.05, 0) is 31.5 Å². The topological polar surface area (TPSA) is 60.1 Å². The number of carbonyl (C=O) groups is 1. The number of unbranched alkanes of at least 4 members (excludes halogenated alkanes) is 1. The Balaban J connectivity index is 1.77. The Bertz CT molecular complexity index is 1160. The van der Waals surface area contributed by atoms with E-state index in [0.29, 0.717) is 23.0 Å². The summed E-state index contributed by atoms with van der Waals surface area (Å²) in [5.41, 5.74) is 3.88. The summed E-state index contributed by atoms with van der Waals surface area (Å²) in [6, 6.07) is 13.2. The molecule has 0 bridgehead atoms. The van der Waals surface area contributed by atoms with Gasteiger partial charge >= 0.3 is 0 Å². The average Bonchev–Trinajstić information content (AvgIpc) is 3.48. The zero-order valence-electron chi connectivity index (χ0n) is 16.8. The fraction of sp³-hybridized carbons (Fsp3) is 0.217. The van der Waals surface area contributed by atoms with E-state index in [1.807, 2.05) is 59.3 Å². The van der Waals surface area contributed by atoms with Crippen LogP contribution in [0.4, 0.5) is 0 Å². The van der Waals surface area contributed by atoms with E-state index in [1.165, 1.54) is 11.3 Å². The first kappa shape index (κ1) is 20.4. The molecule has 0 aliphatic carbocycles. The first-order chi connectivity index (χ1) is 14.6. The molecule has 7 heteroatoms. The molecule has 0 unspecified atom stereocenters. The molecule has 30 heavy (non-hydrogen) atoms. The van der Waals surface area contributed by atoms with Gasteiger partial charge in [0.2, 0.25) is 5.88 Å². The van der Waals surface area contributed by atoms with Gasteiger partial charge in [-0.2, -0.15) is 0 Å². The lowest BCUT2D eigenvalue weighted by molar-refractivity contribution is 0.0952. The van der Waals surface area contributed by atoms with Crippen LogP contribution in [0.15, 0.2) is 58.5 Å². The Hall–Kier alpha value is -2.83. The van der Waals surface area contributed by atoms with E-state index in [1.54, 1.807) is 6.26 Å². The minimum absolute atomic E-state index is 0.0888. The lowest BCUT2D eigenvalue weighted by Gasteiger charge is -2.08. The van der Waals surface area contributed by atoms with Crippen molar-refractivity contribution < 1.29 is 9.21 Å². The van der Waals surface area contributed by atoms with Crippen molar-refractivity contribution >= 4 is 28.8 Å². The van der Waals surface area contributed by atoms with Crippen LogP contribution in [0.5, 0.6) is 0 Å². The number of nitrogens with one attached hydrogen (secondary N) is 1. The number of benzene rings is 1. The standard InChI is InChI=1S/C23H22ClN3O2S/c1-3-4-11-25-22(28)17-13-20(27(15(17)2)21-10-7-12-29-21)19-14-30-23(26-19)16-8-5-6-9-18(16)24/h5-10,12-14H,3-4,11H2,1-2H3,(H,25,28). The van der Waals surface area contributed by atoms with Crippen molar-refractivity contribution in [2.75, 3.05) is 6.54 Å². The van der Waals surface area contributed by atoms with Crippen molar-refractivity contribution in [1.29, 1.82) is 0 Å². The van der Waals surface area contributed by atoms with Crippen molar-refractivity contribution in [2.24, 2.45) is 0 Å². The number of halogens is 1. The first-order valence-corrected chi connectivity index (χ1v) is 11.1. The third-order valence-electron chi connectivity index (χ3n) is 4.91. The maximum Gasteiger partial charge on any atom is 0.253 e. The maximum atomic E-state index is 12.8. The normalized spacial score (nSPS) is 11.0. The van der Waals surface area contributed by atoms with Gasteiger partial charge in [0.25, 0.3) is 5.91 Å². The second kappa shape index (κ2) is 8.90. The largest absolute Gasteiger partial charge is 0.448 e. The fourth-order valence-corrected chi connectivity index (χ4v) is 4.46. The summed E-state index contributed by atoms with van der Waals surface area (Å²) in [6.45, 7) is 4.67. The Morgan fingerprint density at radius 2 is 2.10 bits per heavy atom. The van der Waals surface area contributed by atoms with Gasteiger partial charge < -0.3 is 9.73 Å². The molecule has 5 nitrogen and oxygen atoms in total. The van der Waals surface area contributed by atoms with Gasteiger partial charge in [0.15, 0.2) is 0 Å². The Morgan fingerprint density at radius 3 is 2.83 bits per heavy atom. The molecule has 0 saturated carbocycles. The van der Waals surface area contributed by atoms with Crippen LogP contribution in [0.25, 0.3) is 27.8 Å². The summed E-state index contributed by atoms with van der Waals surface area (Å²) in [5, 5.41) is 6.46. The van der Waals surface area contributed by atoms with Crippen molar-refractivity contribution in [3.05, 3.63) is 70.4 Å². The smallest absolute Gasteiger partial charge is 0.253 e. The molecular weight excluding hydrogens is 418 g/mol. The number of hydrogen-bond acceptors (Lipinski definition) is 4. The van der Waals surface area contributed by atoms with Crippen LogP contribution in [0.1, 0.15) is 35.8 Å². The minimum atomic E-state index is -0.0888. The lowest BCUT2D eigenvalue weighted by Crippen LogP contribution is -2.24. The fourth-order valence-electron chi connectivity index (χ4n) is 3.33. The van der Waals surface area contributed by atoms with Gasteiger partial charge in [-0.3, -0.25) is 9.36 Å². The van der Waals surface area contributed by atoms with E-state index in [2.05, 4.69) is 12.2 Å². The average molecular weight is 440 g/mol.